The predicted molar refractivity (Wildman–Crippen MR) is 67.2 cm³/mol. The Morgan fingerprint density at radius 3 is 3.12 bits per heavy atom. The Labute approximate surface area is 105 Å². The molecule has 2 aliphatic heterocycles. The number of piperidine rings is 1. The highest BCUT2D eigenvalue weighted by molar-refractivity contribution is 7.11. The van der Waals surface area contributed by atoms with Gasteiger partial charge >= 0.3 is 0 Å². The van der Waals surface area contributed by atoms with Crippen molar-refractivity contribution >= 4 is 17.2 Å². The van der Waals surface area contributed by atoms with Crippen LogP contribution >= 0.6 is 11.3 Å². The molecule has 2 saturated heterocycles. The molecule has 2 fully saturated rings. The maximum Gasteiger partial charge on any atom is 0.265 e. The van der Waals surface area contributed by atoms with Crippen molar-refractivity contribution in [3.05, 3.63) is 16.1 Å². The molecule has 0 aromatic carbocycles. The number of fused-ring (bicyclic) bond motifs is 1. The Hall–Kier alpha value is -0.940. The highest BCUT2D eigenvalue weighted by atomic mass is 32.1. The molecule has 2 aliphatic rings. The average Bonchev–Trinajstić information content (AvgIpc) is 2.95. The zero-order chi connectivity index (χ0) is 11.8. The number of nitrogens with zero attached hydrogens (tertiary/aromatic N) is 2. The van der Waals surface area contributed by atoms with E-state index < -0.39 is 0 Å². The van der Waals surface area contributed by atoms with Crippen LogP contribution in [0.1, 0.15) is 21.8 Å². The summed E-state index contributed by atoms with van der Waals surface area (Å²) in [7, 11) is 0. The number of carbonyl (C=O) groups is 1. The topological polar surface area (TPSA) is 45.2 Å². The third-order valence-corrected chi connectivity index (χ3v) is 4.85. The zero-order valence-electron chi connectivity index (χ0n) is 9.98. The summed E-state index contributed by atoms with van der Waals surface area (Å²) in [5.74, 6) is 1.61. The molecule has 3 rings (SSSR count). The fourth-order valence-corrected chi connectivity index (χ4v) is 3.64. The fourth-order valence-electron chi connectivity index (χ4n) is 2.87. The number of aromatic nitrogens is 1. The quantitative estimate of drug-likeness (QED) is 0.814. The molecule has 1 N–H and O–H groups in total. The molecule has 0 saturated carbocycles. The van der Waals surface area contributed by atoms with Crippen molar-refractivity contribution in [2.24, 2.45) is 11.8 Å². The number of aryl methyl sites for hydroxylation is 1. The lowest BCUT2D eigenvalue weighted by molar-refractivity contribution is 0.0646. The van der Waals surface area contributed by atoms with Crippen molar-refractivity contribution in [2.45, 2.75) is 13.3 Å². The molecule has 92 valence electrons. The third-order valence-electron chi connectivity index (χ3n) is 3.93. The fraction of sp³-hybridized carbons (Fsp3) is 0.667. The van der Waals surface area contributed by atoms with E-state index in [1.54, 1.807) is 5.51 Å². The molecule has 0 spiro atoms. The predicted octanol–water partition coefficient (Wildman–Crippen LogP) is 1.13. The molecular formula is C12H17N3OS. The lowest BCUT2D eigenvalue weighted by Crippen LogP contribution is -2.43. The van der Waals surface area contributed by atoms with Gasteiger partial charge in [-0.3, -0.25) is 4.79 Å². The molecule has 1 aromatic rings. The number of nitrogens with one attached hydrogen (secondary N) is 1. The van der Waals surface area contributed by atoms with Crippen molar-refractivity contribution in [1.29, 1.82) is 0 Å². The molecule has 1 amide bonds. The normalized spacial score (nSPS) is 28.2. The minimum atomic E-state index is 0.176. The first-order valence-electron chi connectivity index (χ1n) is 6.16. The van der Waals surface area contributed by atoms with Crippen molar-refractivity contribution in [2.75, 3.05) is 26.2 Å². The van der Waals surface area contributed by atoms with E-state index in [0.29, 0.717) is 5.92 Å². The van der Waals surface area contributed by atoms with Crippen LogP contribution in [0.25, 0.3) is 0 Å². The number of rotatable bonds is 1. The molecule has 2 unspecified atom stereocenters. The molecule has 0 radical (unpaired) electrons. The van der Waals surface area contributed by atoms with Crippen LogP contribution < -0.4 is 5.32 Å². The van der Waals surface area contributed by atoms with Gasteiger partial charge in [0.15, 0.2) is 0 Å². The van der Waals surface area contributed by atoms with Gasteiger partial charge < -0.3 is 10.2 Å². The van der Waals surface area contributed by atoms with Gasteiger partial charge in [-0.15, -0.1) is 11.3 Å². The second kappa shape index (κ2) is 4.38. The van der Waals surface area contributed by atoms with E-state index in [4.69, 9.17) is 0 Å². The molecule has 1 aromatic heterocycles. The summed E-state index contributed by atoms with van der Waals surface area (Å²) in [6, 6.07) is 0. The Kier molecular flexibility index (Phi) is 2.88. The summed E-state index contributed by atoms with van der Waals surface area (Å²) >= 11 is 1.46. The van der Waals surface area contributed by atoms with Gasteiger partial charge in [-0.25, -0.2) is 4.98 Å². The first-order valence-corrected chi connectivity index (χ1v) is 7.03. The number of hydrogen-bond acceptors (Lipinski definition) is 4. The largest absolute Gasteiger partial charge is 0.338 e. The smallest absolute Gasteiger partial charge is 0.265 e. The van der Waals surface area contributed by atoms with Gasteiger partial charge in [0.25, 0.3) is 5.91 Å². The van der Waals surface area contributed by atoms with Crippen LogP contribution in [0.3, 0.4) is 0 Å². The van der Waals surface area contributed by atoms with Crippen LogP contribution in [0.4, 0.5) is 0 Å². The average molecular weight is 251 g/mol. The van der Waals surface area contributed by atoms with Crippen molar-refractivity contribution in [3.8, 4) is 0 Å². The molecule has 5 heteroatoms. The zero-order valence-corrected chi connectivity index (χ0v) is 10.8. The van der Waals surface area contributed by atoms with Gasteiger partial charge in [0.05, 0.1) is 11.2 Å². The summed E-state index contributed by atoms with van der Waals surface area (Å²) in [5, 5.41) is 3.42. The lowest BCUT2D eigenvalue weighted by atomic mass is 9.88. The summed E-state index contributed by atoms with van der Waals surface area (Å²) in [4.78, 5) is 19.3. The molecule has 3 heterocycles. The SMILES string of the molecule is Cc1ncsc1C(=O)N1CCC2CNCC2C1. The Balaban J connectivity index is 1.73. The number of amides is 1. The Bertz CT molecular complexity index is 431. The van der Waals surface area contributed by atoms with Gasteiger partial charge in [0, 0.05) is 13.1 Å². The summed E-state index contributed by atoms with van der Waals surface area (Å²) in [6.45, 7) is 5.92. The third kappa shape index (κ3) is 1.98. The van der Waals surface area contributed by atoms with Crippen LogP contribution in [0.2, 0.25) is 0 Å². The second-order valence-electron chi connectivity index (χ2n) is 4.99. The van der Waals surface area contributed by atoms with Crippen molar-refractivity contribution in [1.82, 2.24) is 15.2 Å². The van der Waals surface area contributed by atoms with Crippen LogP contribution in [0.15, 0.2) is 5.51 Å². The van der Waals surface area contributed by atoms with E-state index in [0.717, 1.165) is 49.1 Å². The highest BCUT2D eigenvalue weighted by Gasteiger charge is 2.35. The lowest BCUT2D eigenvalue weighted by Gasteiger charge is -2.34. The number of carbonyl (C=O) groups excluding carboxylic acids is 1. The van der Waals surface area contributed by atoms with E-state index in [1.165, 1.54) is 11.3 Å². The summed E-state index contributed by atoms with van der Waals surface area (Å²) in [5.41, 5.74) is 2.62. The second-order valence-corrected chi connectivity index (χ2v) is 5.84. The van der Waals surface area contributed by atoms with E-state index in [-0.39, 0.29) is 5.91 Å². The van der Waals surface area contributed by atoms with Crippen molar-refractivity contribution in [3.63, 3.8) is 0 Å². The van der Waals surface area contributed by atoms with Crippen LogP contribution in [-0.2, 0) is 0 Å². The molecular weight excluding hydrogens is 234 g/mol. The minimum Gasteiger partial charge on any atom is -0.338 e. The summed E-state index contributed by atoms with van der Waals surface area (Å²) in [6.07, 6.45) is 1.14. The molecule has 0 bridgehead atoms. The first kappa shape index (κ1) is 11.2. The van der Waals surface area contributed by atoms with Crippen molar-refractivity contribution < 1.29 is 4.79 Å². The van der Waals surface area contributed by atoms with Gasteiger partial charge in [-0.05, 0) is 38.3 Å². The first-order chi connectivity index (χ1) is 8.25. The molecule has 17 heavy (non-hydrogen) atoms. The van der Waals surface area contributed by atoms with Gasteiger partial charge in [0.2, 0.25) is 0 Å². The van der Waals surface area contributed by atoms with Gasteiger partial charge in [-0.1, -0.05) is 0 Å². The molecule has 2 atom stereocenters. The van der Waals surface area contributed by atoms with Crippen LogP contribution in [-0.4, -0.2) is 42.0 Å². The number of thiazole rings is 1. The maximum atomic E-state index is 12.3. The van der Waals surface area contributed by atoms with E-state index >= 15 is 0 Å². The highest BCUT2D eigenvalue weighted by Crippen LogP contribution is 2.28. The number of hydrogen-bond donors (Lipinski definition) is 1. The minimum absolute atomic E-state index is 0.176. The monoisotopic (exact) mass is 251 g/mol. The Morgan fingerprint density at radius 2 is 2.35 bits per heavy atom. The van der Waals surface area contributed by atoms with Crippen LogP contribution in [0, 0.1) is 18.8 Å². The van der Waals surface area contributed by atoms with Gasteiger partial charge in [0.1, 0.15) is 4.88 Å². The number of likely N-dealkylation sites (tertiary alicyclic amines) is 1. The van der Waals surface area contributed by atoms with Gasteiger partial charge in [-0.2, -0.15) is 0 Å². The van der Waals surface area contributed by atoms with Crippen LogP contribution in [0.5, 0.6) is 0 Å². The standard InChI is InChI=1S/C12H17N3OS/c1-8-11(17-7-14-8)12(16)15-3-2-9-4-13-5-10(9)6-15/h7,9-10,13H,2-6H2,1H3. The molecule has 0 aliphatic carbocycles. The van der Waals surface area contributed by atoms with E-state index in [9.17, 15) is 4.79 Å². The van der Waals surface area contributed by atoms with E-state index in [1.807, 2.05) is 11.8 Å². The maximum absolute atomic E-state index is 12.3. The summed E-state index contributed by atoms with van der Waals surface area (Å²) < 4.78 is 0. The Morgan fingerprint density at radius 1 is 1.53 bits per heavy atom. The van der Waals surface area contributed by atoms with E-state index in [2.05, 4.69) is 10.3 Å². The molecule has 4 nitrogen and oxygen atoms in total.